The molecular formula is C18H29NO. The van der Waals surface area contributed by atoms with Crippen LogP contribution in [0, 0.1) is 25.2 Å². The van der Waals surface area contributed by atoms with E-state index in [0.29, 0.717) is 17.3 Å². The van der Waals surface area contributed by atoms with E-state index >= 15 is 0 Å². The predicted octanol–water partition coefficient (Wildman–Crippen LogP) is 4.18. The molecule has 112 valence electrons. The third-order valence-corrected chi connectivity index (χ3v) is 4.92. The Labute approximate surface area is 123 Å². The van der Waals surface area contributed by atoms with Gasteiger partial charge in [-0.05, 0) is 74.1 Å². The van der Waals surface area contributed by atoms with Crippen molar-refractivity contribution in [1.29, 1.82) is 0 Å². The molecule has 0 heterocycles. The fourth-order valence-corrected chi connectivity index (χ4v) is 3.85. The third-order valence-electron chi connectivity index (χ3n) is 4.92. The Kier molecular flexibility index (Phi) is 4.43. The summed E-state index contributed by atoms with van der Waals surface area (Å²) in [7, 11) is 1.78. The van der Waals surface area contributed by atoms with Crippen LogP contribution in [0.1, 0.15) is 55.7 Å². The van der Waals surface area contributed by atoms with E-state index in [9.17, 15) is 0 Å². The zero-order chi connectivity index (χ0) is 14.9. The lowest BCUT2D eigenvalue weighted by Crippen LogP contribution is -2.33. The summed E-state index contributed by atoms with van der Waals surface area (Å²) in [5.41, 5.74) is 10.5. The fraction of sp³-hybridized carbons (Fsp3) is 0.667. The lowest BCUT2D eigenvalue weighted by atomic mass is 9.64. The first-order chi connectivity index (χ1) is 9.38. The van der Waals surface area contributed by atoms with Crippen LogP contribution >= 0.6 is 0 Å². The van der Waals surface area contributed by atoms with Crippen LogP contribution in [0.3, 0.4) is 0 Å². The van der Waals surface area contributed by atoms with Gasteiger partial charge in [0.15, 0.2) is 0 Å². The van der Waals surface area contributed by atoms with E-state index in [2.05, 4.69) is 39.8 Å². The molecule has 2 heteroatoms. The Balaban J connectivity index is 2.46. The second-order valence-corrected chi connectivity index (χ2v) is 7.21. The lowest BCUT2D eigenvalue weighted by molar-refractivity contribution is 0.163. The molecule has 1 saturated carbocycles. The first-order valence-electron chi connectivity index (χ1n) is 7.73. The second-order valence-electron chi connectivity index (χ2n) is 7.21. The molecule has 1 aromatic carbocycles. The molecule has 20 heavy (non-hydrogen) atoms. The molecule has 1 aliphatic rings. The molecule has 0 aromatic heterocycles. The Morgan fingerprint density at radius 1 is 1.30 bits per heavy atom. The third kappa shape index (κ3) is 3.01. The Hall–Kier alpha value is -1.02. The van der Waals surface area contributed by atoms with E-state index < -0.39 is 0 Å². The minimum absolute atomic E-state index is 0.401. The maximum Gasteiger partial charge on any atom is 0.122 e. The molecule has 0 spiro atoms. The summed E-state index contributed by atoms with van der Waals surface area (Å²) in [6, 6.07) is 4.44. The average molecular weight is 275 g/mol. The van der Waals surface area contributed by atoms with Crippen LogP contribution < -0.4 is 10.5 Å². The summed E-state index contributed by atoms with van der Waals surface area (Å²) >= 11 is 0. The maximum absolute atomic E-state index is 6.05. The van der Waals surface area contributed by atoms with Crippen molar-refractivity contribution in [1.82, 2.24) is 0 Å². The molecule has 0 saturated heterocycles. The number of aryl methyl sites for hydroxylation is 2. The van der Waals surface area contributed by atoms with Crippen LogP contribution in [-0.4, -0.2) is 13.7 Å². The molecule has 1 aliphatic carbocycles. The molecular weight excluding hydrogens is 246 g/mol. The Bertz CT molecular complexity index is 479. The summed E-state index contributed by atoms with van der Waals surface area (Å²) in [4.78, 5) is 0. The summed E-state index contributed by atoms with van der Waals surface area (Å²) in [5, 5.41) is 0. The van der Waals surface area contributed by atoms with Gasteiger partial charge in [-0.3, -0.25) is 0 Å². The summed E-state index contributed by atoms with van der Waals surface area (Å²) in [5.74, 6) is 2.15. The number of hydrogen-bond acceptors (Lipinski definition) is 2. The van der Waals surface area contributed by atoms with Crippen LogP contribution in [-0.2, 0) is 0 Å². The van der Waals surface area contributed by atoms with Crippen molar-refractivity contribution in [3.05, 3.63) is 28.8 Å². The summed E-state index contributed by atoms with van der Waals surface area (Å²) in [6.45, 7) is 9.87. The molecule has 0 bridgehead atoms. The molecule has 2 N–H and O–H groups in total. The van der Waals surface area contributed by atoms with Crippen molar-refractivity contribution in [3.8, 4) is 5.75 Å². The van der Waals surface area contributed by atoms with Gasteiger partial charge in [0.2, 0.25) is 0 Å². The summed E-state index contributed by atoms with van der Waals surface area (Å²) < 4.78 is 5.68. The molecule has 0 radical (unpaired) electrons. The zero-order valence-electron chi connectivity index (χ0n) is 13.6. The van der Waals surface area contributed by atoms with Crippen molar-refractivity contribution < 1.29 is 4.74 Å². The quantitative estimate of drug-likeness (QED) is 0.898. The van der Waals surface area contributed by atoms with Crippen LogP contribution in [0.15, 0.2) is 12.1 Å². The first-order valence-corrected chi connectivity index (χ1v) is 7.73. The Morgan fingerprint density at radius 2 is 2.00 bits per heavy atom. The number of rotatable bonds is 3. The highest BCUT2D eigenvalue weighted by atomic mass is 16.5. The van der Waals surface area contributed by atoms with Gasteiger partial charge in [-0.2, -0.15) is 0 Å². The SMILES string of the molecule is COc1cc(C)cc(C)c1C1CC(C)(C)CCC1CN. The number of nitrogens with two attached hydrogens (primary N) is 1. The van der Waals surface area contributed by atoms with E-state index in [1.54, 1.807) is 7.11 Å². The van der Waals surface area contributed by atoms with Crippen molar-refractivity contribution in [3.63, 3.8) is 0 Å². The smallest absolute Gasteiger partial charge is 0.122 e. The predicted molar refractivity (Wildman–Crippen MR) is 85.4 cm³/mol. The van der Waals surface area contributed by atoms with Crippen LogP contribution in [0.25, 0.3) is 0 Å². The molecule has 2 rings (SSSR count). The van der Waals surface area contributed by atoms with Gasteiger partial charge in [0.05, 0.1) is 7.11 Å². The standard InChI is InChI=1S/C18H29NO/c1-12-8-13(2)17(16(9-12)20-5)15-10-18(3,4)7-6-14(15)11-19/h8-9,14-15H,6-7,10-11,19H2,1-5H3. The molecule has 1 aromatic rings. The molecule has 2 atom stereocenters. The minimum atomic E-state index is 0.401. The van der Waals surface area contributed by atoms with Gasteiger partial charge < -0.3 is 10.5 Å². The van der Waals surface area contributed by atoms with E-state index in [1.165, 1.54) is 36.0 Å². The molecule has 2 nitrogen and oxygen atoms in total. The molecule has 0 amide bonds. The summed E-state index contributed by atoms with van der Waals surface area (Å²) in [6.07, 6.45) is 3.71. The van der Waals surface area contributed by atoms with E-state index in [4.69, 9.17) is 10.5 Å². The fourth-order valence-electron chi connectivity index (χ4n) is 3.85. The number of hydrogen-bond donors (Lipinski definition) is 1. The second kappa shape index (κ2) is 5.77. The van der Waals surface area contributed by atoms with Crippen LogP contribution in [0.5, 0.6) is 5.75 Å². The van der Waals surface area contributed by atoms with E-state index in [1.807, 2.05) is 0 Å². The van der Waals surface area contributed by atoms with Crippen molar-refractivity contribution in [2.75, 3.05) is 13.7 Å². The van der Waals surface area contributed by atoms with Gasteiger partial charge in [0.1, 0.15) is 5.75 Å². The first kappa shape index (κ1) is 15.4. The van der Waals surface area contributed by atoms with Crippen molar-refractivity contribution in [2.24, 2.45) is 17.1 Å². The van der Waals surface area contributed by atoms with E-state index in [0.717, 1.165) is 12.3 Å². The van der Waals surface area contributed by atoms with Gasteiger partial charge in [0, 0.05) is 5.56 Å². The number of ether oxygens (including phenoxy) is 1. The van der Waals surface area contributed by atoms with Gasteiger partial charge in [-0.15, -0.1) is 0 Å². The van der Waals surface area contributed by atoms with Gasteiger partial charge >= 0.3 is 0 Å². The topological polar surface area (TPSA) is 35.2 Å². The average Bonchev–Trinajstić information content (AvgIpc) is 2.36. The molecule has 1 fully saturated rings. The molecule has 0 aliphatic heterocycles. The van der Waals surface area contributed by atoms with Crippen LogP contribution in [0.2, 0.25) is 0 Å². The molecule has 2 unspecified atom stereocenters. The normalized spacial score (nSPS) is 25.5. The van der Waals surface area contributed by atoms with Crippen LogP contribution in [0.4, 0.5) is 0 Å². The van der Waals surface area contributed by atoms with Gasteiger partial charge in [-0.25, -0.2) is 0 Å². The van der Waals surface area contributed by atoms with Gasteiger partial charge in [0.25, 0.3) is 0 Å². The number of methoxy groups -OCH3 is 1. The lowest BCUT2D eigenvalue weighted by Gasteiger charge is -2.41. The maximum atomic E-state index is 6.05. The number of benzene rings is 1. The Morgan fingerprint density at radius 3 is 2.60 bits per heavy atom. The minimum Gasteiger partial charge on any atom is -0.496 e. The monoisotopic (exact) mass is 275 g/mol. The largest absolute Gasteiger partial charge is 0.496 e. The van der Waals surface area contributed by atoms with E-state index in [-0.39, 0.29) is 0 Å². The van der Waals surface area contributed by atoms with Gasteiger partial charge in [-0.1, -0.05) is 19.9 Å². The highest BCUT2D eigenvalue weighted by molar-refractivity contribution is 5.46. The zero-order valence-corrected chi connectivity index (χ0v) is 13.6. The van der Waals surface area contributed by atoms with Crippen molar-refractivity contribution >= 4 is 0 Å². The highest BCUT2D eigenvalue weighted by Gasteiger charge is 2.36. The highest BCUT2D eigenvalue weighted by Crippen LogP contribution is 2.49. The van der Waals surface area contributed by atoms with Crippen molar-refractivity contribution in [2.45, 2.75) is 52.9 Å².